The van der Waals surface area contributed by atoms with E-state index in [1.54, 1.807) is 13.8 Å². The summed E-state index contributed by atoms with van der Waals surface area (Å²) < 4.78 is 11.1. The van der Waals surface area contributed by atoms with Crippen molar-refractivity contribution in [1.29, 1.82) is 5.26 Å². The number of urea groups is 1. The van der Waals surface area contributed by atoms with Gasteiger partial charge in [-0.2, -0.15) is 5.26 Å². The molecule has 142 valence electrons. The quantitative estimate of drug-likeness (QED) is 0.417. The lowest BCUT2D eigenvalue weighted by atomic mass is 9.96. The Morgan fingerprint density at radius 3 is 2.74 bits per heavy atom. The van der Waals surface area contributed by atoms with Crippen LogP contribution in [0.2, 0.25) is 0 Å². The van der Waals surface area contributed by atoms with Crippen LogP contribution < -0.4 is 14.8 Å². The molecule has 9 heteroatoms. The highest BCUT2D eigenvalue weighted by Gasteiger charge is 2.56. The number of benzene rings is 1. The molecule has 27 heavy (non-hydrogen) atoms. The third-order valence-electron chi connectivity index (χ3n) is 4.64. The molecule has 3 rings (SSSR count). The minimum Gasteiger partial charge on any atom is -0.490 e. The van der Waals surface area contributed by atoms with Gasteiger partial charge in [-0.3, -0.25) is 9.69 Å². The molecule has 1 saturated heterocycles. The number of amides is 3. The molecule has 1 saturated carbocycles. The number of carbonyl (C=O) groups excluding carboxylic acids is 3. The van der Waals surface area contributed by atoms with E-state index in [-0.39, 0.29) is 17.4 Å². The molecular weight excluding hydrogens is 418 g/mol. The maximum Gasteiger partial charge on any atom is 0.331 e. The van der Waals surface area contributed by atoms with E-state index in [1.807, 2.05) is 6.07 Å². The molecule has 1 aliphatic carbocycles. The lowest BCUT2D eigenvalue weighted by molar-refractivity contribution is -0.141. The Bertz CT molecular complexity index is 861. The predicted molar refractivity (Wildman–Crippen MR) is 97.0 cm³/mol. The number of rotatable bonds is 6. The second-order valence-electron chi connectivity index (χ2n) is 6.60. The van der Waals surface area contributed by atoms with Crippen molar-refractivity contribution in [3.05, 3.63) is 22.2 Å². The Morgan fingerprint density at radius 1 is 1.44 bits per heavy atom. The molecule has 1 N–H and O–H groups in total. The Hall–Kier alpha value is -2.60. The second kappa shape index (κ2) is 7.19. The van der Waals surface area contributed by atoms with E-state index in [0.29, 0.717) is 16.6 Å². The number of ether oxygens (including phenoxy) is 2. The molecule has 1 aromatic carbocycles. The number of nitrogens with zero attached hydrogens (tertiary/aromatic N) is 2. The van der Waals surface area contributed by atoms with Gasteiger partial charge in [0, 0.05) is 6.07 Å². The molecule has 1 atom stereocenters. The number of nitriles is 1. The summed E-state index contributed by atoms with van der Waals surface area (Å²) in [4.78, 5) is 38.0. The van der Waals surface area contributed by atoms with Gasteiger partial charge in [0.25, 0.3) is 5.91 Å². The maximum atomic E-state index is 12.6. The van der Waals surface area contributed by atoms with Crippen LogP contribution in [0.5, 0.6) is 11.5 Å². The number of halogens is 1. The zero-order valence-corrected chi connectivity index (χ0v) is 16.5. The van der Waals surface area contributed by atoms with Crippen LogP contribution in [0.1, 0.15) is 32.3 Å². The zero-order valence-electron chi connectivity index (χ0n) is 14.9. The second-order valence-corrected chi connectivity index (χ2v) is 7.46. The van der Waals surface area contributed by atoms with E-state index in [0.717, 1.165) is 17.7 Å². The Balaban J connectivity index is 1.76. The van der Waals surface area contributed by atoms with Gasteiger partial charge >= 0.3 is 12.0 Å². The average Bonchev–Trinajstić information content (AvgIpc) is 3.44. The number of imide groups is 1. The monoisotopic (exact) mass is 435 g/mol. The van der Waals surface area contributed by atoms with E-state index in [2.05, 4.69) is 21.2 Å². The van der Waals surface area contributed by atoms with Crippen molar-refractivity contribution in [2.24, 2.45) is 5.92 Å². The van der Waals surface area contributed by atoms with Gasteiger partial charge in [-0.15, -0.1) is 0 Å². The van der Waals surface area contributed by atoms with Crippen molar-refractivity contribution >= 4 is 33.8 Å². The van der Waals surface area contributed by atoms with Crippen LogP contribution >= 0.6 is 15.9 Å². The fourth-order valence-corrected chi connectivity index (χ4v) is 3.59. The molecule has 2 aliphatic rings. The molecule has 1 unspecified atom stereocenters. The molecule has 1 aromatic rings. The van der Waals surface area contributed by atoms with Gasteiger partial charge < -0.3 is 14.8 Å². The van der Waals surface area contributed by atoms with Gasteiger partial charge in [-0.1, -0.05) is 0 Å². The average molecular weight is 436 g/mol. The Labute approximate surface area is 164 Å². The van der Waals surface area contributed by atoms with Gasteiger partial charge in [0.15, 0.2) is 11.5 Å². The van der Waals surface area contributed by atoms with Crippen molar-refractivity contribution in [3.8, 4) is 17.6 Å². The molecule has 2 fully saturated rings. The fourth-order valence-electron chi connectivity index (χ4n) is 3.07. The first-order valence-corrected chi connectivity index (χ1v) is 9.30. The molecule has 0 aromatic heterocycles. The molecular formula is C18H18BrN3O5. The SMILES string of the molecule is CCOc1cc(C#N)cc(Br)c1OC(=O)CN1C(=O)NC(C)(C2CC2)C1=O. The van der Waals surface area contributed by atoms with E-state index >= 15 is 0 Å². The van der Waals surface area contributed by atoms with Crippen molar-refractivity contribution in [2.45, 2.75) is 32.2 Å². The van der Waals surface area contributed by atoms with E-state index in [1.165, 1.54) is 12.1 Å². The van der Waals surface area contributed by atoms with Crippen molar-refractivity contribution in [3.63, 3.8) is 0 Å². The van der Waals surface area contributed by atoms with E-state index < -0.39 is 30.0 Å². The van der Waals surface area contributed by atoms with E-state index in [9.17, 15) is 14.4 Å². The highest BCUT2D eigenvalue weighted by atomic mass is 79.9. The van der Waals surface area contributed by atoms with Gasteiger partial charge in [0.1, 0.15) is 12.1 Å². The van der Waals surface area contributed by atoms with Crippen molar-refractivity contribution < 1.29 is 23.9 Å². The molecule has 0 spiro atoms. The largest absolute Gasteiger partial charge is 0.490 e. The number of carbonyl (C=O) groups is 3. The molecule has 0 bridgehead atoms. The maximum absolute atomic E-state index is 12.6. The Kier molecular flexibility index (Phi) is 5.11. The summed E-state index contributed by atoms with van der Waals surface area (Å²) in [6, 6.07) is 4.33. The summed E-state index contributed by atoms with van der Waals surface area (Å²) in [6.07, 6.45) is 1.74. The molecule has 8 nitrogen and oxygen atoms in total. The van der Waals surface area contributed by atoms with Gasteiger partial charge in [-0.25, -0.2) is 9.59 Å². The van der Waals surface area contributed by atoms with Crippen LogP contribution in [0.4, 0.5) is 4.79 Å². The van der Waals surface area contributed by atoms with Crippen molar-refractivity contribution in [2.75, 3.05) is 13.2 Å². The number of hydrogen-bond donors (Lipinski definition) is 1. The van der Waals surface area contributed by atoms with Crippen LogP contribution in [0.15, 0.2) is 16.6 Å². The minimum atomic E-state index is -0.955. The first-order chi connectivity index (χ1) is 12.8. The van der Waals surface area contributed by atoms with Crippen molar-refractivity contribution in [1.82, 2.24) is 10.2 Å². The molecule has 3 amide bonds. The van der Waals surface area contributed by atoms with Crippen LogP contribution in [0.25, 0.3) is 0 Å². The number of esters is 1. The summed E-state index contributed by atoms with van der Waals surface area (Å²) in [6.45, 7) is 3.23. The van der Waals surface area contributed by atoms with Gasteiger partial charge in [0.2, 0.25) is 0 Å². The van der Waals surface area contributed by atoms with E-state index in [4.69, 9.17) is 14.7 Å². The highest BCUT2D eigenvalue weighted by molar-refractivity contribution is 9.10. The summed E-state index contributed by atoms with van der Waals surface area (Å²) in [5, 5.41) is 11.7. The summed E-state index contributed by atoms with van der Waals surface area (Å²) in [7, 11) is 0. The fraction of sp³-hybridized carbons (Fsp3) is 0.444. The van der Waals surface area contributed by atoms with Gasteiger partial charge in [-0.05, 0) is 54.6 Å². The lowest BCUT2D eigenvalue weighted by Crippen LogP contribution is -2.46. The third-order valence-corrected chi connectivity index (χ3v) is 5.23. The standard InChI is InChI=1S/C18H18BrN3O5/c1-3-26-13-7-10(8-20)6-12(19)15(13)27-14(23)9-22-16(24)18(2,11-4-5-11)21-17(22)25/h6-7,11H,3-5,9H2,1-2H3,(H,21,25). The topological polar surface area (TPSA) is 109 Å². The zero-order chi connectivity index (χ0) is 19.8. The molecule has 0 radical (unpaired) electrons. The van der Waals surface area contributed by atoms with Gasteiger partial charge in [0.05, 0.1) is 22.7 Å². The third kappa shape index (κ3) is 3.62. The predicted octanol–water partition coefficient (Wildman–Crippen LogP) is 2.35. The normalized spacial score (nSPS) is 21.6. The summed E-state index contributed by atoms with van der Waals surface area (Å²) in [5.41, 5.74) is -0.623. The van der Waals surface area contributed by atoms with Crippen LogP contribution in [0.3, 0.4) is 0 Å². The van der Waals surface area contributed by atoms with Crippen LogP contribution in [-0.2, 0) is 9.59 Å². The number of hydrogen-bond acceptors (Lipinski definition) is 6. The lowest BCUT2D eigenvalue weighted by Gasteiger charge is -2.20. The first-order valence-electron chi connectivity index (χ1n) is 8.51. The molecule has 1 aliphatic heterocycles. The minimum absolute atomic E-state index is 0.0952. The Morgan fingerprint density at radius 2 is 2.15 bits per heavy atom. The highest BCUT2D eigenvalue weighted by Crippen LogP contribution is 2.42. The molecule has 1 heterocycles. The number of nitrogens with one attached hydrogen (secondary N) is 1. The summed E-state index contributed by atoms with van der Waals surface area (Å²) in [5.74, 6) is -0.789. The smallest absolute Gasteiger partial charge is 0.331 e. The first kappa shape index (κ1) is 19.2. The van der Waals surface area contributed by atoms with Crippen LogP contribution in [0, 0.1) is 17.2 Å². The van der Waals surface area contributed by atoms with Crippen LogP contribution in [-0.4, -0.2) is 41.5 Å². The summed E-state index contributed by atoms with van der Waals surface area (Å²) >= 11 is 3.25.